The molecule has 0 aliphatic carbocycles. The van der Waals surface area contributed by atoms with E-state index in [1.54, 1.807) is 30.8 Å². The van der Waals surface area contributed by atoms with E-state index in [2.05, 4.69) is 27.9 Å². The average Bonchev–Trinajstić information content (AvgIpc) is 3.21. The largest absolute Gasteiger partial charge is 0.497 e. The Morgan fingerprint density at radius 2 is 1.93 bits per heavy atom. The molecule has 8 heteroatoms. The summed E-state index contributed by atoms with van der Waals surface area (Å²) in [5, 5.41) is 1.11. The van der Waals surface area contributed by atoms with E-state index in [4.69, 9.17) is 9.47 Å². The van der Waals surface area contributed by atoms with Crippen molar-refractivity contribution >= 4 is 33.3 Å². The summed E-state index contributed by atoms with van der Waals surface area (Å²) in [6, 6.07) is 9.47. The van der Waals surface area contributed by atoms with Gasteiger partial charge in [0.15, 0.2) is 6.61 Å². The van der Waals surface area contributed by atoms with Crippen molar-refractivity contribution in [2.45, 2.75) is 13.3 Å². The van der Waals surface area contributed by atoms with Crippen molar-refractivity contribution in [2.24, 2.45) is 0 Å². The lowest BCUT2D eigenvalue weighted by Crippen LogP contribution is -2.50. The molecule has 0 saturated carbocycles. The minimum Gasteiger partial charge on any atom is -0.497 e. The number of ether oxygens (including phenoxy) is 2. The molecule has 1 fully saturated rings. The molecule has 4 rings (SSSR count). The zero-order valence-corrected chi connectivity index (χ0v) is 17.4. The summed E-state index contributed by atoms with van der Waals surface area (Å²) in [6.45, 7) is 4.96. The van der Waals surface area contributed by atoms with E-state index in [0.717, 1.165) is 35.5 Å². The smallest absolute Gasteiger partial charge is 0.260 e. The lowest BCUT2D eigenvalue weighted by atomic mass is 10.2. The Hall–Kier alpha value is -2.87. The van der Waals surface area contributed by atoms with E-state index >= 15 is 0 Å². The number of methoxy groups -OCH3 is 1. The summed E-state index contributed by atoms with van der Waals surface area (Å²) in [4.78, 5) is 27.9. The fourth-order valence-electron chi connectivity index (χ4n) is 3.41. The van der Waals surface area contributed by atoms with Crippen molar-refractivity contribution in [1.29, 1.82) is 0 Å². The zero-order chi connectivity index (χ0) is 20.2. The summed E-state index contributed by atoms with van der Waals surface area (Å²) in [6.07, 6.45) is 2.63. The van der Waals surface area contributed by atoms with Gasteiger partial charge in [-0.2, -0.15) is 0 Å². The number of aryl methyl sites for hydroxylation is 1. The van der Waals surface area contributed by atoms with Gasteiger partial charge >= 0.3 is 0 Å². The average molecular weight is 413 g/mol. The van der Waals surface area contributed by atoms with Crippen LogP contribution in [-0.4, -0.2) is 60.7 Å². The van der Waals surface area contributed by atoms with Gasteiger partial charge in [0.25, 0.3) is 5.91 Å². The van der Waals surface area contributed by atoms with E-state index in [0.29, 0.717) is 24.6 Å². The van der Waals surface area contributed by atoms with Gasteiger partial charge in [-0.15, -0.1) is 11.3 Å². The molecule has 1 amide bonds. The molecule has 2 aromatic heterocycles. The number of anilines is 1. The molecule has 0 N–H and O–H groups in total. The molecular formula is C21H24N4O3S. The highest BCUT2D eigenvalue weighted by molar-refractivity contribution is 7.18. The van der Waals surface area contributed by atoms with Gasteiger partial charge in [-0.3, -0.25) is 4.79 Å². The Balaban J connectivity index is 1.35. The Morgan fingerprint density at radius 3 is 2.69 bits per heavy atom. The van der Waals surface area contributed by atoms with Gasteiger partial charge < -0.3 is 19.3 Å². The third-order valence-corrected chi connectivity index (χ3v) is 6.23. The number of carbonyl (C=O) groups is 1. The van der Waals surface area contributed by atoms with Crippen LogP contribution in [-0.2, 0) is 11.2 Å². The number of rotatable bonds is 6. The first-order valence-electron chi connectivity index (χ1n) is 9.71. The van der Waals surface area contributed by atoms with Crippen LogP contribution >= 0.6 is 11.3 Å². The molecule has 0 spiro atoms. The maximum absolute atomic E-state index is 12.6. The second-order valence-corrected chi connectivity index (χ2v) is 7.93. The molecular weight excluding hydrogens is 388 g/mol. The monoisotopic (exact) mass is 412 g/mol. The first-order chi connectivity index (χ1) is 14.2. The van der Waals surface area contributed by atoms with Crippen LogP contribution < -0.4 is 14.4 Å². The summed E-state index contributed by atoms with van der Waals surface area (Å²) in [5.74, 6) is 2.29. The Morgan fingerprint density at radius 1 is 1.14 bits per heavy atom. The highest BCUT2D eigenvalue weighted by atomic mass is 32.1. The first-order valence-corrected chi connectivity index (χ1v) is 10.5. The van der Waals surface area contributed by atoms with Gasteiger partial charge in [-0.05, 0) is 24.6 Å². The molecule has 0 atom stereocenters. The number of hydrogen-bond donors (Lipinski definition) is 0. The van der Waals surface area contributed by atoms with Gasteiger partial charge in [-0.1, -0.05) is 13.0 Å². The number of nitrogens with zero attached hydrogens (tertiary/aromatic N) is 4. The van der Waals surface area contributed by atoms with E-state index in [-0.39, 0.29) is 12.5 Å². The SMILES string of the molecule is CCc1cc2c(N3CCN(C(=O)COc4cccc(OC)c4)CC3)ncnc2s1. The number of fused-ring (bicyclic) bond motifs is 1. The summed E-state index contributed by atoms with van der Waals surface area (Å²) < 4.78 is 10.8. The van der Waals surface area contributed by atoms with Crippen LogP contribution in [0.5, 0.6) is 11.5 Å². The zero-order valence-electron chi connectivity index (χ0n) is 16.6. The molecule has 7 nitrogen and oxygen atoms in total. The molecule has 3 aromatic rings. The molecule has 0 bridgehead atoms. The highest BCUT2D eigenvalue weighted by Crippen LogP contribution is 2.31. The number of piperazine rings is 1. The maximum Gasteiger partial charge on any atom is 0.260 e. The number of carbonyl (C=O) groups excluding carboxylic acids is 1. The Kier molecular flexibility index (Phi) is 5.80. The van der Waals surface area contributed by atoms with Crippen molar-refractivity contribution in [1.82, 2.24) is 14.9 Å². The van der Waals surface area contributed by atoms with E-state index in [9.17, 15) is 4.79 Å². The highest BCUT2D eigenvalue weighted by Gasteiger charge is 2.24. The molecule has 0 unspecified atom stereocenters. The van der Waals surface area contributed by atoms with Crippen molar-refractivity contribution in [2.75, 3.05) is 44.8 Å². The normalized spacial score (nSPS) is 14.3. The van der Waals surface area contributed by atoms with Crippen molar-refractivity contribution < 1.29 is 14.3 Å². The molecule has 152 valence electrons. The van der Waals surface area contributed by atoms with Crippen LogP contribution in [0.15, 0.2) is 36.7 Å². The van der Waals surface area contributed by atoms with Gasteiger partial charge in [-0.25, -0.2) is 9.97 Å². The lowest BCUT2D eigenvalue weighted by Gasteiger charge is -2.35. The third-order valence-electron chi connectivity index (χ3n) is 5.04. The third kappa shape index (κ3) is 4.27. The molecule has 29 heavy (non-hydrogen) atoms. The fraction of sp³-hybridized carbons (Fsp3) is 0.381. The molecule has 3 heterocycles. The fourth-order valence-corrected chi connectivity index (χ4v) is 4.34. The first kappa shape index (κ1) is 19.4. The maximum atomic E-state index is 12.6. The van der Waals surface area contributed by atoms with Crippen molar-refractivity contribution in [3.8, 4) is 11.5 Å². The second-order valence-electron chi connectivity index (χ2n) is 6.82. The van der Waals surface area contributed by atoms with Crippen LogP contribution in [0.1, 0.15) is 11.8 Å². The van der Waals surface area contributed by atoms with Crippen molar-refractivity contribution in [3.05, 3.63) is 41.5 Å². The predicted octanol–water partition coefficient (Wildman–Crippen LogP) is 2.99. The number of aromatic nitrogens is 2. The molecule has 1 aliphatic heterocycles. The standard InChI is InChI=1S/C21H24N4O3S/c1-3-17-12-18-20(22-14-23-21(18)29-17)25-9-7-24(8-10-25)19(26)13-28-16-6-4-5-15(11-16)27-2/h4-6,11-12,14H,3,7-10,13H2,1-2H3. The summed E-state index contributed by atoms with van der Waals surface area (Å²) in [7, 11) is 1.61. The van der Waals surface area contributed by atoms with Crippen LogP contribution in [0.4, 0.5) is 5.82 Å². The molecule has 0 radical (unpaired) electrons. The van der Waals surface area contributed by atoms with Gasteiger partial charge in [0.2, 0.25) is 0 Å². The minimum atomic E-state index is -0.0101. The summed E-state index contributed by atoms with van der Waals surface area (Å²) >= 11 is 1.72. The van der Waals surface area contributed by atoms with Crippen LogP contribution in [0.25, 0.3) is 10.2 Å². The quantitative estimate of drug-likeness (QED) is 0.620. The van der Waals surface area contributed by atoms with Crippen LogP contribution in [0, 0.1) is 0 Å². The minimum absolute atomic E-state index is 0.0101. The number of hydrogen-bond acceptors (Lipinski definition) is 7. The van der Waals surface area contributed by atoms with Gasteiger partial charge in [0.05, 0.1) is 12.5 Å². The molecule has 1 aliphatic rings. The van der Waals surface area contributed by atoms with Crippen LogP contribution in [0.3, 0.4) is 0 Å². The predicted molar refractivity (Wildman–Crippen MR) is 114 cm³/mol. The van der Waals surface area contributed by atoms with Crippen LogP contribution in [0.2, 0.25) is 0 Å². The van der Waals surface area contributed by atoms with Gasteiger partial charge in [0.1, 0.15) is 28.5 Å². The molecule has 1 saturated heterocycles. The van der Waals surface area contributed by atoms with E-state index in [1.165, 1.54) is 4.88 Å². The number of benzene rings is 1. The Bertz CT molecular complexity index is 999. The van der Waals surface area contributed by atoms with Crippen molar-refractivity contribution in [3.63, 3.8) is 0 Å². The molecule has 1 aromatic carbocycles. The second kappa shape index (κ2) is 8.65. The summed E-state index contributed by atoms with van der Waals surface area (Å²) in [5.41, 5.74) is 0. The Labute approximate surface area is 173 Å². The van der Waals surface area contributed by atoms with E-state index < -0.39 is 0 Å². The number of thiophene rings is 1. The van der Waals surface area contributed by atoms with E-state index in [1.807, 2.05) is 23.1 Å². The lowest BCUT2D eigenvalue weighted by molar-refractivity contribution is -0.133. The van der Waals surface area contributed by atoms with Gasteiger partial charge in [0, 0.05) is 37.1 Å². The topological polar surface area (TPSA) is 67.8 Å². The number of amides is 1.